The normalized spacial score (nSPS) is 11.6. The van der Waals surface area contributed by atoms with E-state index in [9.17, 15) is 9.59 Å². The Kier molecular flexibility index (Phi) is 6.99. The molecule has 0 saturated carbocycles. The zero-order valence-corrected chi connectivity index (χ0v) is 14.0. The molecule has 0 saturated heterocycles. The lowest BCUT2D eigenvalue weighted by Crippen LogP contribution is -2.41. The lowest BCUT2D eigenvalue weighted by atomic mass is 10.2. The Hall–Kier alpha value is -2.12. The van der Waals surface area contributed by atoms with Gasteiger partial charge in [0.05, 0.1) is 5.52 Å². The lowest BCUT2D eigenvalue weighted by molar-refractivity contribution is -0.131. The third-order valence-corrected chi connectivity index (χ3v) is 3.71. The molecule has 1 atom stereocenters. The molecule has 1 aromatic heterocycles. The van der Waals surface area contributed by atoms with Crippen LogP contribution in [0.1, 0.15) is 23.8 Å². The molecule has 0 aliphatic rings. The molecule has 1 unspecified atom stereocenters. The van der Waals surface area contributed by atoms with E-state index in [-0.39, 0.29) is 43.2 Å². The van der Waals surface area contributed by atoms with Crippen LogP contribution in [0.2, 0.25) is 0 Å². The summed E-state index contributed by atoms with van der Waals surface area (Å²) in [5, 5.41) is 10.3. The number of carbonyl (C=O) groups is 2. The van der Waals surface area contributed by atoms with E-state index >= 15 is 0 Å². The first-order chi connectivity index (χ1) is 10.5. The van der Waals surface area contributed by atoms with Crippen molar-refractivity contribution in [2.24, 2.45) is 5.73 Å². The van der Waals surface area contributed by atoms with Gasteiger partial charge in [0.2, 0.25) is 5.91 Å². The van der Waals surface area contributed by atoms with E-state index in [0.717, 1.165) is 10.9 Å². The summed E-state index contributed by atoms with van der Waals surface area (Å²) in [4.78, 5) is 25.6. The molecular formula is C15H22ClN5O2. The van der Waals surface area contributed by atoms with Crippen molar-refractivity contribution >= 4 is 35.1 Å². The summed E-state index contributed by atoms with van der Waals surface area (Å²) in [6.45, 7) is 2.56. The van der Waals surface area contributed by atoms with Gasteiger partial charge in [-0.15, -0.1) is 12.4 Å². The van der Waals surface area contributed by atoms with Crippen LogP contribution in [0.25, 0.3) is 10.9 Å². The van der Waals surface area contributed by atoms with Crippen LogP contribution in [0.5, 0.6) is 0 Å². The highest BCUT2D eigenvalue weighted by molar-refractivity contribution is 6.04. The topological polar surface area (TPSA) is 104 Å². The minimum absolute atomic E-state index is 0. The fourth-order valence-electron chi connectivity index (χ4n) is 2.08. The van der Waals surface area contributed by atoms with E-state index in [1.165, 1.54) is 0 Å². The Labute approximate surface area is 141 Å². The summed E-state index contributed by atoms with van der Waals surface area (Å²) < 4.78 is 0. The molecule has 2 rings (SSSR count). The second kappa shape index (κ2) is 8.50. The van der Waals surface area contributed by atoms with E-state index in [2.05, 4.69) is 15.5 Å². The van der Waals surface area contributed by atoms with Gasteiger partial charge in [0, 0.05) is 38.0 Å². The molecule has 8 heteroatoms. The largest absolute Gasteiger partial charge is 0.350 e. The van der Waals surface area contributed by atoms with Gasteiger partial charge in [-0.2, -0.15) is 5.10 Å². The number of nitrogens with two attached hydrogens (primary N) is 1. The zero-order chi connectivity index (χ0) is 16.1. The quantitative estimate of drug-likeness (QED) is 0.727. The summed E-state index contributed by atoms with van der Waals surface area (Å²) in [7, 11) is 1.71. The van der Waals surface area contributed by atoms with Crippen molar-refractivity contribution in [1.82, 2.24) is 20.4 Å². The highest BCUT2D eigenvalue weighted by Gasteiger charge is 2.16. The number of aromatic nitrogens is 2. The minimum Gasteiger partial charge on any atom is -0.350 e. The summed E-state index contributed by atoms with van der Waals surface area (Å²) in [6.07, 6.45) is 0.231. The van der Waals surface area contributed by atoms with Crippen molar-refractivity contribution in [2.45, 2.75) is 19.4 Å². The zero-order valence-electron chi connectivity index (χ0n) is 13.2. The summed E-state index contributed by atoms with van der Waals surface area (Å²) in [6, 6.07) is 7.39. The number of nitrogens with one attached hydrogen (secondary N) is 2. The Balaban J connectivity index is 0.00000264. The standard InChI is InChI=1S/C15H21N5O2.ClH/c1-10(9-16)20(2)13(21)7-8-17-15(22)14-11-5-3-4-6-12(11)18-19-14;/h3-6,10H,7-9,16H2,1-2H3,(H,17,22)(H,18,19);1H. The van der Waals surface area contributed by atoms with Crippen LogP contribution in [-0.2, 0) is 4.79 Å². The molecule has 23 heavy (non-hydrogen) atoms. The maximum atomic E-state index is 12.1. The maximum Gasteiger partial charge on any atom is 0.272 e. The van der Waals surface area contributed by atoms with Gasteiger partial charge in [0.25, 0.3) is 5.91 Å². The van der Waals surface area contributed by atoms with Crippen LogP contribution in [0, 0.1) is 0 Å². The van der Waals surface area contributed by atoms with Gasteiger partial charge in [0.1, 0.15) is 0 Å². The second-order valence-corrected chi connectivity index (χ2v) is 5.21. The Bertz CT molecular complexity index is 673. The van der Waals surface area contributed by atoms with Crippen LogP contribution in [-0.4, -0.2) is 53.1 Å². The number of amides is 2. The Morgan fingerprint density at radius 3 is 2.78 bits per heavy atom. The van der Waals surface area contributed by atoms with E-state index in [1.54, 1.807) is 11.9 Å². The molecule has 1 heterocycles. The molecule has 1 aromatic carbocycles. The average molecular weight is 340 g/mol. The predicted molar refractivity (Wildman–Crippen MR) is 91.6 cm³/mol. The van der Waals surface area contributed by atoms with Gasteiger partial charge in [-0.1, -0.05) is 18.2 Å². The average Bonchev–Trinajstić information content (AvgIpc) is 2.97. The number of H-pyrrole nitrogens is 1. The van der Waals surface area contributed by atoms with Gasteiger partial charge in [-0.25, -0.2) is 0 Å². The van der Waals surface area contributed by atoms with Crippen LogP contribution in [0.3, 0.4) is 0 Å². The molecule has 7 nitrogen and oxygen atoms in total. The Morgan fingerprint density at radius 2 is 2.09 bits per heavy atom. The van der Waals surface area contributed by atoms with Crippen LogP contribution in [0.4, 0.5) is 0 Å². The number of halogens is 1. The summed E-state index contributed by atoms with van der Waals surface area (Å²) in [5.74, 6) is -0.343. The van der Waals surface area contributed by atoms with E-state index < -0.39 is 0 Å². The van der Waals surface area contributed by atoms with Crippen molar-refractivity contribution in [3.05, 3.63) is 30.0 Å². The molecule has 0 fully saturated rings. The van der Waals surface area contributed by atoms with Crippen molar-refractivity contribution in [1.29, 1.82) is 0 Å². The number of fused-ring (bicyclic) bond motifs is 1. The number of carbonyl (C=O) groups excluding carboxylic acids is 2. The predicted octanol–water partition coefficient (Wildman–Crippen LogP) is 0.910. The van der Waals surface area contributed by atoms with Gasteiger partial charge in [-0.3, -0.25) is 14.7 Å². The monoisotopic (exact) mass is 339 g/mol. The van der Waals surface area contributed by atoms with E-state index in [1.807, 2.05) is 31.2 Å². The lowest BCUT2D eigenvalue weighted by Gasteiger charge is -2.23. The number of benzene rings is 1. The Morgan fingerprint density at radius 1 is 1.39 bits per heavy atom. The summed E-state index contributed by atoms with van der Waals surface area (Å²) in [5.41, 5.74) is 6.67. The van der Waals surface area contributed by atoms with E-state index in [4.69, 9.17) is 5.73 Å². The van der Waals surface area contributed by atoms with Crippen LogP contribution < -0.4 is 11.1 Å². The second-order valence-electron chi connectivity index (χ2n) is 5.21. The SMILES string of the molecule is CC(CN)N(C)C(=O)CCNC(=O)c1n[nH]c2ccccc12.Cl. The fourth-order valence-corrected chi connectivity index (χ4v) is 2.08. The molecule has 0 spiro atoms. The molecular weight excluding hydrogens is 318 g/mol. The van der Waals surface area contributed by atoms with E-state index in [0.29, 0.717) is 12.2 Å². The number of nitrogens with zero attached hydrogens (tertiary/aromatic N) is 2. The molecule has 0 radical (unpaired) electrons. The van der Waals surface area contributed by atoms with Crippen molar-refractivity contribution < 1.29 is 9.59 Å². The number of hydrogen-bond acceptors (Lipinski definition) is 4. The molecule has 2 aromatic rings. The highest BCUT2D eigenvalue weighted by Crippen LogP contribution is 2.14. The smallest absolute Gasteiger partial charge is 0.272 e. The molecule has 2 amide bonds. The first-order valence-electron chi connectivity index (χ1n) is 7.21. The molecule has 0 aliphatic heterocycles. The molecule has 0 bridgehead atoms. The molecule has 126 valence electrons. The van der Waals surface area contributed by atoms with Gasteiger partial charge < -0.3 is 16.0 Å². The first kappa shape index (κ1) is 18.9. The first-order valence-corrected chi connectivity index (χ1v) is 7.21. The van der Waals surface area contributed by atoms with Crippen molar-refractivity contribution in [3.8, 4) is 0 Å². The third-order valence-electron chi connectivity index (χ3n) is 3.71. The molecule has 0 aliphatic carbocycles. The van der Waals surface area contributed by atoms with Crippen LogP contribution in [0.15, 0.2) is 24.3 Å². The number of aromatic amines is 1. The highest BCUT2D eigenvalue weighted by atomic mass is 35.5. The minimum atomic E-state index is -0.292. The van der Waals surface area contributed by atoms with Gasteiger partial charge >= 0.3 is 0 Å². The maximum absolute atomic E-state index is 12.1. The third kappa shape index (κ3) is 4.43. The number of likely N-dealkylation sites (N-methyl/N-ethyl adjacent to an activating group) is 1. The summed E-state index contributed by atoms with van der Waals surface area (Å²) >= 11 is 0. The van der Waals surface area contributed by atoms with Crippen molar-refractivity contribution in [3.63, 3.8) is 0 Å². The van der Waals surface area contributed by atoms with Crippen LogP contribution >= 0.6 is 12.4 Å². The number of hydrogen-bond donors (Lipinski definition) is 3. The van der Waals surface area contributed by atoms with Crippen molar-refractivity contribution in [2.75, 3.05) is 20.1 Å². The number of rotatable bonds is 6. The number of para-hydroxylation sites is 1. The van der Waals surface area contributed by atoms with Gasteiger partial charge in [-0.05, 0) is 13.0 Å². The molecule has 4 N–H and O–H groups in total. The van der Waals surface area contributed by atoms with Gasteiger partial charge in [0.15, 0.2) is 5.69 Å². The fraction of sp³-hybridized carbons (Fsp3) is 0.400.